The van der Waals surface area contributed by atoms with Crippen molar-refractivity contribution in [2.24, 2.45) is 0 Å². The summed E-state index contributed by atoms with van der Waals surface area (Å²) in [6.07, 6.45) is 1.51. The van der Waals surface area contributed by atoms with Crippen molar-refractivity contribution >= 4 is 21.9 Å². The van der Waals surface area contributed by atoms with Crippen molar-refractivity contribution in [3.05, 3.63) is 16.6 Å². The van der Waals surface area contributed by atoms with E-state index in [0.717, 1.165) is 26.2 Å². The lowest BCUT2D eigenvalue weighted by Crippen LogP contribution is -2.51. The summed E-state index contributed by atoms with van der Waals surface area (Å²) < 4.78 is 0.575. The zero-order valence-electron chi connectivity index (χ0n) is 11.1. The van der Waals surface area contributed by atoms with E-state index in [4.69, 9.17) is 0 Å². The maximum atomic E-state index is 11.5. The predicted molar refractivity (Wildman–Crippen MR) is 74.9 cm³/mol. The summed E-state index contributed by atoms with van der Waals surface area (Å²) in [5.41, 5.74) is 0.616. The molecule has 0 bridgehead atoms. The molecule has 19 heavy (non-hydrogen) atoms. The van der Waals surface area contributed by atoms with Crippen LogP contribution in [0.4, 0.5) is 0 Å². The molecule has 1 aliphatic rings. The number of rotatable bonds is 4. The fourth-order valence-electron chi connectivity index (χ4n) is 2.45. The molecule has 1 aromatic rings. The van der Waals surface area contributed by atoms with E-state index in [1.165, 1.54) is 6.33 Å². The van der Waals surface area contributed by atoms with Crippen molar-refractivity contribution < 1.29 is 9.90 Å². The van der Waals surface area contributed by atoms with E-state index >= 15 is 0 Å². The molecule has 0 radical (unpaired) electrons. The number of H-pyrrole nitrogens is 1. The SMILES string of the molecule is CC(C)N1CCN(C(C(=O)O)c2[nH]cnc2Br)CC1. The summed E-state index contributed by atoms with van der Waals surface area (Å²) in [4.78, 5) is 22.8. The Balaban J connectivity index is 2.10. The third kappa shape index (κ3) is 3.16. The maximum Gasteiger partial charge on any atom is 0.327 e. The number of carbonyl (C=O) groups is 1. The number of hydrogen-bond donors (Lipinski definition) is 2. The molecule has 2 N–H and O–H groups in total. The van der Waals surface area contributed by atoms with Gasteiger partial charge in [-0.05, 0) is 29.8 Å². The first-order chi connectivity index (χ1) is 9.00. The maximum absolute atomic E-state index is 11.5. The van der Waals surface area contributed by atoms with Gasteiger partial charge in [-0.3, -0.25) is 14.6 Å². The van der Waals surface area contributed by atoms with Crippen molar-refractivity contribution in [1.29, 1.82) is 0 Å². The van der Waals surface area contributed by atoms with Crippen LogP contribution < -0.4 is 0 Å². The zero-order chi connectivity index (χ0) is 14.0. The van der Waals surface area contributed by atoms with Crippen LogP contribution in [0.15, 0.2) is 10.9 Å². The van der Waals surface area contributed by atoms with E-state index in [9.17, 15) is 9.90 Å². The summed E-state index contributed by atoms with van der Waals surface area (Å²) >= 11 is 3.29. The molecular weight excluding hydrogens is 312 g/mol. The van der Waals surface area contributed by atoms with Crippen LogP contribution in [0.3, 0.4) is 0 Å². The van der Waals surface area contributed by atoms with Crippen molar-refractivity contribution in [3.63, 3.8) is 0 Å². The third-order valence-corrected chi connectivity index (χ3v) is 4.20. The molecule has 1 atom stereocenters. The molecule has 6 nitrogen and oxygen atoms in total. The highest BCUT2D eigenvalue weighted by Gasteiger charge is 2.33. The number of nitrogens with one attached hydrogen (secondary N) is 1. The van der Waals surface area contributed by atoms with Gasteiger partial charge in [0.25, 0.3) is 0 Å². The number of imidazole rings is 1. The fraction of sp³-hybridized carbons (Fsp3) is 0.667. The van der Waals surface area contributed by atoms with E-state index in [0.29, 0.717) is 16.3 Å². The van der Waals surface area contributed by atoms with Gasteiger partial charge in [0.1, 0.15) is 4.60 Å². The van der Waals surface area contributed by atoms with Crippen LogP contribution in [-0.2, 0) is 4.79 Å². The summed E-state index contributed by atoms with van der Waals surface area (Å²) in [7, 11) is 0. The Morgan fingerprint density at radius 1 is 1.37 bits per heavy atom. The second-order valence-electron chi connectivity index (χ2n) is 5.01. The zero-order valence-corrected chi connectivity index (χ0v) is 12.7. The molecule has 0 aliphatic carbocycles. The molecule has 2 rings (SSSR count). The van der Waals surface area contributed by atoms with Gasteiger partial charge in [-0.25, -0.2) is 4.98 Å². The molecule has 7 heteroatoms. The number of aromatic amines is 1. The molecule has 0 amide bonds. The normalized spacial score (nSPS) is 19.8. The van der Waals surface area contributed by atoms with Gasteiger partial charge in [-0.15, -0.1) is 0 Å². The highest BCUT2D eigenvalue weighted by atomic mass is 79.9. The Hall–Kier alpha value is -0.920. The number of hydrogen-bond acceptors (Lipinski definition) is 4. The van der Waals surface area contributed by atoms with E-state index in [1.54, 1.807) is 0 Å². The van der Waals surface area contributed by atoms with Gasteiger partial charge in [-0.1, -0.05) is 0 Å². The van der Waals surface area contributed by atoms with Crippen LogP contribution in [0, 0.1) is 0 Å². The quantitative estimate of drug-likeness (QED) is 0.871. The minimum absolute atomic E-state index is 0.504. The second kappa shape index (κ2) is 6.02. The molecule has 0 saturated carbocycles. The summed E-state index contributed by atoms with van der Waals surface area (Å²) in [5, 5.41) is 9.47. The van der Waals surface area contributed by atoms with Crippen LogP contribution in [0.2, 0.25) is 0 Å². The first-order valence-corrected chi connectivity index (χ1v) is 7.19. The van der Waals surface area contributed by atoms with E-state index in [1.807, 2.05) is 4.90 Å². The Bertz CT molecular complexity index is 441. The predicted octanol–water partition coefficient (Wildman–Crippen LogP) is 1.32. The van der Waals surface area contributed by atoms with Gasteiger partial charge in [0, 0.05) is 32.2 Å². The van der Waals surface area contributed by atoms with Crippen LogP contribution in [0.25, 0.3) is 0 Å². The molecule has 1 fully saturated rings. The first kappa shape index (κ1) is 14.5. The minimum atomic E-state index is -0.844. The average Bonchev–Trinajstić information content (AvgIpc) is 2.76. The van der Waals surface area contributed by atoms with Crippen molar-refractivity contribution in [3.8, 4) is 0 Å². The smallest absolute Gasteiger partial charge is 0.327 e. The molecule has 1 unspecified atom stereocenters. The Kier molecular flexibility index (Phi) is 4.59. The van der Waals surface area contributed by atoms with Gasteiger partial charge in [-0.2, -0.15) is 0 Å². The van der Waals surface area contributed by atoms with E-state index in [2.05, 4.69) is 44.6 Å². The largest absolute Gasteiger partial charge is 0.480 e. The standard InChI is InChI=1S/C12H19BrN4O2/c1-8(2)16-3-5-17(6-4-16)10(12(18)19)9-11(13)15-7-14-9/h7-8,10H,3-6H2,1-2H3,(H,14,15)(H,18,19). The number of piperazine rings is 1. The number of carboxylic acids is 1. The Labute approximate surface area is 120 Å². The number of nitrogens with zero attached hydrogens (tertiary/aromatic N) is 3. The molecule has 1 saturated heterocycles. The lowest BCUT2D eigenvalue weighted by Gasteiger charge is -2.39. The Morgan fingerprint density at radius 3 is 2.37 bits per heavy atom. The molecular formula is C12H19BrN4O2. The number of aliphatic carboxylic acids is 1. The fourth-order valence-corrected chi connectivity index (χ4v) is 2.89. The highest BCUT2D eigenvalue weighted by Crippen LogP contribution is 2.26. The van der Waals surface area contributed by atoms with Gasteiger partial charge in [0.15, 0.2) is 6.04 Å². The molecule has 1 aromatic heterocycles. The van der Waals surface area contributed by atoms with Crippen LogP contribution in [-0.4, -0.2) is 63.1 Å². The molecule has 0 aromatic carbocycles. The highest BCUT2D eigenvalue weighted by molar-refractivity contribution is 9.10. The van der Waals surface area contributed by atoms with Crippen molar-refractivity contribution in [1.82, 2.24) is 19.8 Å². The van der Waals surface area contributed by atoms with Gasteiger partial charge in [0.05, 0.1) is 12.0 Å². The monoisotopic (exact) mass is 330 g/mol. The first-order valence-electron chi connectivity index (χ1n) is 6.40. The van der Waals surface area contributed by atoms with Crippen LogP contribution in [0.5, 0.6) is 0 Å². The van der Waals surface area contributed by atoms with Gasteiger partial charge >= 0.3 is 5.97 Å². The van der Waals surface area contributed by atoms with Gasteiger partial charge < -0.3 is 10.1 Å². The molecule has 1 aliphatic heterocycles. The molecule has 2 heterocycles. The lowest BCUT2D eigenvalue weighted by atomic mass is 10.1. The molecule has 0 spiro atoms. The number of halogens is 1. The number of carboxylic acid groups (broad SMARTS) is 1. The van der Waals surface area contributed by atoms with E-state index < -0.39 is 12.0 Å². The third-order valence-electron chi connectivity index (χ3n) is 3.57. The second-order valence-corrected chi connectivity index (χ2v) is 5.76. The number of aromatic nitrogens is 2. The lowest BCUT2D eigenvalue weighted by molar-refractivity contribution is -0.144. The van der Waals surface area contributed by atoms with Crippen molar-refractivity contribution in [2.75, 3.05) is 26.2 Å². The summed E-state index contributed by atoms with van der Waals surface area (Å²) in [5.74, 6) is -0.844. The van der Waals surface area contributed by atoms with E-state index in [-0.39, 0.29) is 0 Å². The summed E-state index contributed by atoms with van der Waals surface area (Å²) in [6, 6.07) is -0.157. The van der Waals surface area contributed by atoms with Crippen molar-refractivity contribution in [2.45, 2.75) is 25.9 Å². The van der Waals surface area contributed by atoms with Crippen LogP contribution in [0.1, 0.15) is 25.6 Å². The minimum Gasteiger partial charge on any atom is -0.480 e. The Morgan fingerprint density at radius 2 is 1.95 bits per heavy atom. The summed E-state index contributed by atoms with van der Waals surface area (Å²) in [6.45, 7) is 7.62. The van der Waals surface area contributed by atoms with Crippen LogP contribution >= 0.6 is 15.9 Å². The average molecular weight is 331 g/mol. The topological polar surface area (TPSA) is 72.5 Å². The molecule has 106 valence electrons. The van der Waals surface area contributed by atoms with Gasteiger partial charge in [0.2, 0.25) is 0 Å².